The quantitative estimate of drug-likeness (QED) is 0.521. The van der Waals surface area contributed by atoms with E-state index in [2.05, 4.69) is 0 Å². The van der Waals surface area contributed by atoms with Crippen LogP contribution in [0.2, 0.25) is 0 Å². The topological polar surface area (TPSA) is 9.23 Å². The van der Waals surface area contributed by atoms with Crippen LogP contribution in [0.1, 0.15) is 9.78 Å². The second-order valence-corrected chi connectivity index (χ2v) is 1.69. The molecule has 9 heavy (non-hydrogen) atoms. The van der Waals surface area contributed by atoms with Crippen LogP contribution in [0.15, 0.2) is 24.3 Å². The van der Waals surface area contributed by atoms with Crippen molar-refractivity contribution >= 4 is 23.1 Å². The number of hydrogen-bond acceptors (Lipinski definition) is 1. The summed E-state index contributed by atoms with van der Waals surface area (Å²) in [6.07, 6.45) is 8.31. The van der Waals surface area contributed by atoms with E-state index in [9.17, 15) is 0 Å². The summed E-state index contributed by atoms with van der Waals surface area (Å²) in [5.74, 6) is 0. The molecule has 0 saturated heterocycles. The summed E-state index contributed by atoms with van der Waals surface area (Å²) in [7, 11) is 0. The van der Waals surface area contributed by atoms with Crippen LogP contribution in [-0.4, -0.2) is 35.8 Å². The van der Waals surface area contributed by atoms with Crippen molar-refractivity contribution in [1.29, 1.82) is 0 Å². The molecule has 0 aromatic heterocycles. The zero-order chi connectivity index (χ0) is 5.82. The van der Waals surface area contributed by atoms with Crippen molar-refractivity contribution in [2.45, 2.75) is 13.0 Å². The van der Waals surface area contributed by atoms with Gasteiger partial charge in [0, 0.05) is 6.61 Å². The van der Waals surface area contributed by atoms with Gasteiger partial charge in [-0.2, -0.15) is 0 Å². The van der Waals surface area contributed by atoms with E-state index in [0.29, 0.717) is 0 Å². The molecule has 0 amide bonds. The molecule has 1 aliphatic rings. The molecule has 1 nitrogen and oxygen atoms in total. The Bertz CT molecular complexity index is 114. The minimum Gasteiger partial charge on any atom is -1.00 e. The molecule has 0 radical (unpaired) electrons. The summed E-state index contributed by atoms with van der Waals surface area (Å²) in [5.41, 5.74) is 0. The molecular weight excluding hydrogens is 124 g/mol. The minimum absolute atomic E-state index is 0. The maximum atomic E-state index is 5.23. The zero-order valence-electron chi connectivity index (χ0n) is 7.71. The average molecular weight is 136 g/mol. The summed E-state index contributed by atoms with van der Waals surface area (Å²) < 4.78 is 5.23. The fourth-order valence-corrected chi connectivity index (χ4v) is 0.715. The Kier molecular flexibility index (Phi) is 5.14. The molecule has 1 aliphatic carbocycles. The number of rotatable bonds is 2. The Morgan fingerprint density at radius 2 is 2.00 bits per heavy atom. The second kappa shape index (κ2) is 5.03. The number of allylic oxidation sites excluding steroid dienone is 2. The molecule has 0 N–H and O–H groups in total. The summed E-state index contributed by atoms with van der Waals surface area (Å²) in [4.78, 5) is 0. The van der Waals surface area contributed by atoms with E-state index in [0.717, 1.165) is 6.61 Å². The monoisotopic (exact) mass is 136 g/mol. The maximum absolute atomic E-state index is 5.23. The molecule has 0 aromatic carbocycles. The Morgan fingerprint density at radius 3 is 2.44 bits per heavy atom. The van der Waals surface area contributed by atoms with Crippen LogP contribution in [0.4, 0.5) is 0 Å². The number of ether oxygens (including phenoxy) is 1. The van der Waals surface area contributed by atoms with Crippen molar-refractivity contribution in [1.82, 2.24) is 0 Å². The first-order valence-electron chi connectivity index (χ1n) is 2.90. The van der Waals surface area contributed by atoms with Gasteiger partial charge in [0.1, 0.15) is 0 Å². The Morgan fingerprint density at radius 1 is 1.44 bits per heavy atom. The van der Waals surface area contributed by atoms with Crippen molar-refractivity contribution in [3.8, 4) is 0 Å². The fourth-order valence-electron chi connectivity index (χ4n) is 0.715. The molecule has 1 rings (SSSR count). The molecule has 0 aliphatic heterocycles. The molecule has 0 bridgehead atoms. The third-order valence-electron chi connectivity index (χ3n) is 1.07. The van der Waals surface area contributed by atoms with Gasteiger partial charge in [0.25, 0.3) is 0 Å². The van der Waals surface area contributed by atoms with Crippen LogP contribution in [0.5, 0.6) is 0 Å². The normalized spacial score (nSPS) is 16.1. The van der Waals surface area contributed by atoms with Gasteiger partial charge in [-0.1, -0.05) is 24.3 Å². The predicted octanol–water partition coefficient (Wildman–Crippen LogP) is 1.36. The van der Waals surface area contributed by atoms with Gasteiger partial charge in [-0.15, -0.1) is 0 Å². The molecule has 0 atom stereocenters. The van der Waals surface area contributed by atoms with Gasteiger partial charge in [0.2, 0.25) is 0 Å². The van der Waals surface area contributed by atoms with Crippen molar-refractivity contribution in [2.24, 2.45) is 0 Å². The summed E-state index contributed by atoms with van der Waals surface area (Å²) in [6, 6.07) is 0. The summed E-state index contributed by atoms with van der Waals surface area (Å²) in [6.45, 7) is 2.79. The Balaban J connectivity index is -0.000000213. The number of hydrogen-bond donors (Lipinski definition) is 0. The Labute approximate surface area is 74.9 Å². The van der Waals surface area contributed by atoms with Crippen LogP contribution in [0.25, 0.3) is 0 Å². The van der Waals surface area contributed by atoms with Crippen molar-refractivity contribution in [3.63, 3.8) is 0 Å². The van der Waals surface area contributed by atoms with E-state index in [-0.39, 0.29) is 32.0 Å². The van der Waals surface area contributed by atoms with Crippen LogP contribution < -0.4 is 0 Å². The molecule has 0 unspecified atom stereocenters. The molecule has 0 spiro atoms. The molecule has 0 saturated carbocycles. The first-order chi connectivity index (χ1) is 3.93. The largest absolute Gasteiger partial charge is 2.00 e. The van der Waals surface area contributed by atoms with Crippen LogP contribution in [-0.2, 0) is 4.74 Å². The minimum atomic E-state index is 0. The summed E-state index contributed by atoms with van der Waals surface area (Å²) >= 11 is 0. The first kappa shape index (κ1) is 9.21. The second-order valence-electron chi connectivity index (χ2n) is 1.69. The van der Waals surface area contributed by atoms with Crippen molar-refractivity contribution in [3.05, 3.63) is 24.3 Å². The molecule has 0 aromatic rings. The Hall–Kier alpha value is 0.206. The van der Waals surface area contributed by atoms with Gasteiger partial charge >= 0.3 is 23.1 Å². The first-order valence-corrected chi connectivity index (χ1v) is 2.90. The van der Waals surface area contributed by atoms with Gasteiger partial charge in [0.15, 0.2) is 0 Å². The SMILES string of the molecule is CCOC1C=CC=C1.[H-].[H-].[Mg+2]. The van der Waals surface area contributed by atoms with Gasteiger partial charge in [-0.05, 0) is 6.92 Å². The molecular formula is C7H12MgO. The fraction of sp³-hybridized carbons (Fsp3) is 0.429. The van der Waals surface area contributed by atoms with E-state index in [1.54, 1.807) is 0 Å². The molecule has 2 heteroatoms. The predicted molar refractivity (Wildman–Crippen MR) is 41.7 cm³/mol. The molecule has 48 valence electrons. The molecule has 0 heterocycles. The van der Waals surface area contributed by atoms with E-state index in [1.165, 1.54) is 0 Å². The van der Waals surface area contributed by atoms with E-state index >= 15 is 0 Å². The molecule has 0 fully saturated rings. The zero-order valence-corrected chi connectivity index (χ0v) is 7.12. The van der Waals surface area contributed by atoms with Gasteiger partial charge in [-0.3, -0.25) is 0 Å². The van der Waals surface area contributed by atoms with Gasteiger partial charge in [0.05, 0.1) is 6.10 Å². The van der Waals surface area contributed by atoms with E-state index in [1.807, 2.05) is 31.2 Å². The third-order valence-corrected chi connectivity index (χ3v) is 1.07. The van der Waals surface area contributed by atoms with E-state index in [4.69, 9.17) is 4.74 Å². The third kappa shape index (κ3) is 3.03. The smallest absolute Gasteiger partial charge is 1.00 e. The van der Waals surface area contributed by atoms with Gasteiger partial charge < -0.3 is 7.59 Å². The van der Waals surface area contributed by atoms with Crippen molar-refractivity contribution in [2.75, 3.05) is 6.61 Å². The van der Waals surface area contributed by atoms with Gasteiger partial charge in [-0.25, -0.2) is 0 Å². The van der Waals surface area contributed by atoms with Crippen LogP contribution in [0.3, 0.4) is 0 Å². The van der Waals surface area contributed by atoms with Crippen LogP contribution >= 0.6 is 0 Å². The average Bonchev–Trinajstić information content (AvgIpc) is 2.19. The van der Waals surface area contributed by atoms with Crippen molar-refractivity contribution < 1.29 is 7.59 Å². The van der Waals surface area contributed by atoms with E-state index < -0.39 is 0 Å². The standard InChI is InChI=1S/C7H10O.Mg.2H/c1-2-8-7-5-3-4-6-7;;;/h3-7H,2H2,1H3;;;/q;+2;2*-1. The van der Waals surface area contributed by atoms with Crippen LogP contribution in [0, 0.1) is 0 Å². The summed E-state index contributed by atoms with van der Waals surface area (Å²) in [5, 5.41) is 0. The maximum Gasteiger partial charge on any atom is 2.00 e.